The van der Waals surface area contributed by atoms with Crippen LogP contribution < -0.4 is 0 Å². The van der Waals surface area contributed by atoms with Gasteiger partial charge in [0.1, 0.15) is 6.61 Å². The Kier molecular flexibility index (Phi) is 27.2. The van der Waals surface area contributed by atoms with E-state index in [1.807, 2.05) is 13.0 Å². The van der Waals surface area contributed by atoms with E-state index < -0.39 is 32.5 Å². The maximum atomic E-state index is 12.3. The Morgan fingerprint density at radius 3 is 1.76 bits per heavy atom. The molecule has 0 aromatic rings. The molecule has 0 fully saturated rings. The number of allylic oxidation sites excluding steroid dienone is 6. The molecule has 0 rings (SSSR count). The Morgan fingerprint density at radius 2 is 1.20 bits per heavy atom. The number of carbonyl (C=O) groups is 2. The van der Waals surface area contributed by atoms with E-state index in [-0.39, 0.29) is 19.4 Å². The first-order valence-electron chi connectivity index (χ1n) is 15.7. The number of phosphoric acid groups is 1. The number of rotatable bonds is 28. The molecule has 0 aromatic carbocycles. The number of hydrogen-bond donors (Lipinski definition) is 2. The quantitative estimate of drug-likeness (QED) is 0.0396. The van der Waals surface area contributed by atoms with Gasteiger partial charge in [0.25, 0.3) is 0 Å². The average Bonchev–Trinajstić information content (AvgIpc) is 2.93. The minimum absolute atomic E-state index is 0.193. The lowest BCUT2D eigenvalue weighted by atomic mass is 10.1. The Labute approximate surface area is 249 Å². The van der Waals surface area contributed by atoms with Gasteiger partial charge in [-0.05, 0) is 64.7 Å². The van der Waals surface area contributed by atoms with E-state index in [2.05, 4.69) is 41.8 Å². The Morgan fingerprint density at radius 1 is 0.683 bits per heavy atom. The van der Waals surface area contributed by atoms with Crippen molar-refractivity contribution in [2.75, 3.05) is 13.2 Å². The Balaban J connectivity index is 4.06. The van der Waals surface area contributed by atoms with E-state index in [9.17, 15) is 14.2 Å². The van der Waals surface area contributed by atoms with Crippen LogP contribution in [0.3, 0.4) is 0 Å². The summed E-state index contributed by atoms with van der Waals surface area (Å²) in [6, 6.07) is 0. The van der Waals surface area contributed by atoms with Gasteiger partial charge in [0.05, 0.1) is 6.61 Å². The SMILES string of the molecule is C/C=C/CCCCCCCC(=O)OC[C@H](COP(=O)(O)O)OC(=O)CCCCCCC/C=C/C/C=C/CCCCC. The standard InChI is InChI=1S/C32H57O8P/c1-3-5-7-9-11-13-14-15-16-17-18-19-21-23-25-27-32(34)40-30(29-39-41(35,36)37)28-38-31(33)26-24-22-20-12-10-8-6-4-2/h4,6,11,13,15-16,30H,3,5,7-10,12,14,17-29H2,1-2H3,(H2,35,36,37)/b6-4+,13-11+,16-15+/t30-/m1/s1. The molecule has 2 N–H and O–H groups in total. The van der Waals surface area contributed by atoms with Crippen LogP contribution in [0, 0.1) is 0 Å². The summed E-state index contributed by atoms with van der Waals surface area (Å²) in [7, 11) is -4.74. The van der Waals surface area contributed by atoms with E-state index in [1.54, 1.807) is 0 Å². The predicted molar refractivity (Wildman–Crippen MR) is 165 cm³/mol. The summed E-state index contributed by atoms with van der Waals surface area (Å²) in [5.41, 5.74) is 0. The number of unbranched alkanes of at least 4 members (excludes halogenated alkanes) is 13. The lowest BCUT2D eigenvalue weighted by molar-refractivity contribution is -0.161. The average molecular weight is 601 g/mol. The van der Waals surface area contributed by atoms with Gasteiger partial charge in [-0.15, -0.1) is 0 Å². The molecule has 1 atom stereocenters. The molecule has 0 aliphatic rings. The molecule has 0 heterocycles. The Bertz CT molecular complexity index is 772. The van der Waals surface area contributed by atoms with Crippen LogP contribution in [0.25, 0.3) is 0 Å². The summed E-state index contributed by atoms with van der Waals surface area (Å²) in [6.45, 7) is 3.38. The van der Waals surface area contributed by atoms with E-state index in [4.69, 9.17) is 19.3 Å². The van der Waals surface area contributed by atoms with Crippen LogP contribution in [0.4, 0.5) is 0 Å². The van der Waals surface area contributed by atoms with Gasteiger partial charge in [0.15, 0.2) is 6.10 Å². The number of ether oxygens (including phenoxy) is 2. The van der Waals surface area contributed by atoms with Crippen LogP contribution in [0.15, 0.2) is 36.5 Å². The van der Waals surface area contributed by atoms with Gasteiger partial charge in [-0.3, -0.25) is 14.1 Å². The van der Waals surface area contributed by atoms with Crippen molar-refractivity contribution in [3.05, 3.63) is 36.5 Å². The molecule has 0 bridgehead atoms. The van der Waals surface area contributed by atoms with Gasteiger partial charge in [0.2, 0.25) is 0 Å². The Hall–Kier alpha value is -1.73. The van der Waals surface area contributed by atoms with Crippen molar-refractivity contribution in [2.45, 2.75) is 142 Å². The second-order valence-corrected chi connectivity index (χ2v) is 11.7. The van der Waals surface area contributed by atoms with E-state index in [0.717, 1.165) is 70.6 Å². The smallest absolute Gasteiger partial charge is 0.462 e. The highest BCUT2D eigenvalue weighted by Gasteiger charge is 2.22. The van der Waals surface area contributed by atoms with Gasteiger partial charge in [-0.1, -0.05) is 94.7 Å². The number of phosphoric ester groups is 1. The van der Waals surface area contributed by atoms with Gasteiger partial charge < -0.3 is 19.3 Å². The van der Waals surface area contributed by atoms with Crippen molar-refractivity contribution in [1.82, 2.24) is 0 Å². The fourth-order valence-electron chi connectivity index (χ4n) is 4.11. The molecule has 0 aliphatic carbocycles. The molecular weight excluding hydrogens is 543 g/mol. The van der Waals surface area contributed by atoms with Gasteiger partial charge in [0, 0.05) is 12.8 Å². The molecule has 0 saturated carbocycles. The zero-order valence-electron chi connectivity index (χ0n) is 25.7. The molecule has 0 unspecified atom stereocenters. The predicted octanol–water partition coefficient (Wildman–Crippen LogP) is 8.67. The van der Waals surface area contributed by atoms with E-state index in [0.29, 0.717) is 12.8 Å². The highest BCUT2D eigenvalue weighted by atomic mass is 31.2. The molecule has 0 aliphatic heterocycles. The third-order valence-electron chi connectivity index (χ3n) is 6.48. The minimum atomic E-state index is -4.74. The first kappa shape index (κ1) is 39.3. The van der Waals surface area contributed by atoms with Crippen LogP contribution in [-0.4, -0.2) is 41.0 Å². The summed E-state index contributed by atoms with van der Waals surface area (Å²) in [6.07, 6.45) is 30.4. The largest absolute Gasteiger partial charge is 0.469 e. The molecule has 0 spiro atoms. The van der Waals surface area contributed by atoms with E-state index >= 15 is 0 Å². The second kappa shape index (κ2) is 28.4. The van der Waals surface area contributed by atoms with Gasteiger partial charge in [-0.25, -0.2) is 4.57 Å². The zero-order chi connectivity index (χ0) is 30.4. The van der Waals surface area contributed by atoms with Crippen LogP contribution >= 0.6 is 7.82 Å². The number of carbonyl (C=O) groups excluding carboxylic acids is 2. The summed E-state index contributed by atoms with van der Waals surface area (Å²) in [4.78, 5) is 42.3. The van der Waals surface area contributed by atoms with Crippen molar-refractivity contribution < 1.29 is 37.9 Å². The first-order chi connectivity index (χ1) is 19.8. The summed E-state index contributed by atoms with van der Waals surface area (Å²) in [5, 5.41) is 0. The zero-order valence-corrected chi connectivity index (χ0v) is 26.6. The number of esters is 2. The van der Waals surface area contributed by atoms with Crippen molar-refractivity contribution in [1.29, 1.82) is 0 Å². The lowest BCUT2D eigenvalue weighted by Crippen LogP contribution is -2.29. The van der Waals surface area contributed by atoms with Crippen LogP contribution in [0.2, 0.25) is 0 Å². The summed E-state index contributed by atoms with van der Waals surface area (Å²) < 4.78 is 26.1. The molecule has 0 amide bonds. The van der Waals surface area contributed by atoms with Gasteiger partial charge in [-0.2, -0.15) is 0 Å². The molecule has 8 nitrogen and oxygen atoms in total. The van der Waals surface area contributed by atoms with Crippen molar-refractivity contribution in [3.8, 4) is 0 Å². The normalized spacial score (nSPS) is 13.0. The molecule has 9 heteroatoms. The van der Waals surface area contributed by atoms with Crippen LogP contribution in [-0.2, 0) is 28.2 Å². The number of hydrogen-bond acceptors (Lipinski definition) is 6. The lowest BCUT2D eigenvalue weighted by Gasteiger charge is -2.18. The fourth-order valence-corrected chi connectivity index (χ4v) is 4.47. The maximum Gasteiger partial charge on any atom is 0.469 e. The topological polar surface area (TPSA) is 119 Å². The highest BCUT2D eigenvalue weighted by molar-refractivity contribution is 7.46. The van der Waals surface area contributed by atoms with Crippen LogP contribution in [0.5, 0.6) is 0 Å². The molecule has 0 aromatic heterocycles. The molecule has 238 valence electrons. The molecular formula is C32H57O8P. The second-order valence-electron chi connectivity index (χ2n) is 10.4. The highest BCUT2D eigenvalue weighted by Crippen LogP contribution is 2.35. The molecule has 0 saturated heterocycles. The monoisotopic (exact) mass is 600 g/mol. The summed E-state index contributed by atoms with van der Waals surface area (Å²) >= 11 is 0. The fraction of sp³-hybridized carbons (Fsp3) is 0.750. The van der Waals surface area contributed by atoms with Crippen molar-refractivity contribution in [2.24, 2.45) is 0 Å². The van der Waals surface area contributed by atoms with Crippen molar-refractivity contribution in [3.63, 3.8) is 0 Å². The third kappa shape index (κ3) is 31.0. The molecule has 0 radical (unpaired) electrons. The third-order valence-corrected chi connectivity index (χ3v) is 6.96. The molecule has 41 heavy (non-hydrogen) atoms. The first-order valence-corrected chi connectivity index (χ1v) is 17.3. The van der Waals surface area contributed by atoms with Crippen molar-refractivity contribution >= 4 is 19.8 Å². The summed E-state index contributed by atoms with van der Waals surface area (Å²) in [5.74, 6) is -0.922. The van der Waals surface area contributed by atoms with E-state index in [1.165, 1.54) is 25.7 Å². The van der Waals surface area contributed by atoms with Gasteiger partial charge >= 0.3 is 19.8 Å². The minimum Gasteiger partial charge on any atom is -0.462 e. The maximum absolute atomic E-state index is 12.3. The van der Waals surface area contributed by atoms with Crippen LogP contribution in [0.1, 0.15) is 136 Å².